The zero-order chi connectivity index (χ0) is 13.7. The van der Waals surface area contributed by atoms with Gasteiger partial charge in [0.15, 0.2) is 0 Å². The number of hydrogen-bond donors (Lipinski definition) is 3. The molecule has 0 saturated heterocycles. The van der Waals surface area contributed by atoms with Gasteiger partial charge in [-0.2, -0.15) is 0 Å². The van der Waals surface area contributed by atoms with Crippen molar-refractivity contribution in [1.82, 2.24) is 5.43 Å². The van der Waals surface area contributed by atoms with E-state index in [-0.39, 0.29) is 11.6 Å². The second kappa shape index (κ2) is 6.17. The van der Waals surface area contributed by atoms with Crippen LogP contribution in [0.1, 0.15) is 0 Å². The molecule has 4 nitrogen and oxygen atoms in total. The molecule has 0 radical (unpaired) electrons. The van der Waals surface area contributed by atoms with Gasteiger partial charge in [-0.1, -0.05) is 29.8 Å². The third kappa shape index (κ3) is 3.67. The number of nitrogens with two attached hydrogens (primary N) is 1. The van der Waals surface area contributed by atoms with E-state index in [2.05, 4.69) is 15.7 Å². The van der Waals surface area contributed by atoms with Crippen molar-refractivity contribution in [2.24, 2.45) is 10.8 Å². The molecule has 0 spiro atoms. The predicted octanol–water partition coefficient (Wildman–Crippen LogP) is 3.04. The van der Waals surface area contributed by atoms with Gasteiger partial charge in [-0.3, -0.25) is 5.43 Å². The van der Waals surface area contributed by atoms with Crippen LogP contribution >= 0.6 is 11.6 Å². The maximum Gasteiger partial charge on any atom is 0.215 e. The second-order valence-electron chi connectivity index (χ2n) is 3.69. The number of nitrogens with one attached hydrogen (secondary N) is 2. The minimum absolute atomic E-state index is 0.140. The third-order valence-corrected chi connectivity index (χ3v) is 2.55. The van der Waals surface area contributed by atoms with E-state index in [9.17, 15) is 4.39 Å². The molecule has 0 amide bonds. The van der Waals surface area contributed by atoms with Crippen molar-refractivity contribution in [2.75, 3.05) is 5.32 Å². The summed E-state index contributed by atoms with van der Waals surface area (Å²) in [6.07, 6.45) is 0. The van der Waals surface area contributed by atoms with Crippen molar-refractivity contribution >= 4 is 28.9 Å². The predicted molar refractivity (Wildman–Crippen MR) is 75.9 cm³/mol. The number of anilines is 1. The van der Waals surface area contributed by atoms with E-state index in [0.717, 1.165) is 5.69 Å². The van der Waals surface area contributed by atoms with E-state index in [4.69, 9.17) is 17.4 Å². The molecule has 0 aromatic heterocycles. The van der Waals surface area contributed by atoms with Gasteiger partial charge >= 0.3 is 0 Å². The average Bonchev–Trinajstić information content (AvgIpc) is 2.42. The van der Waals surface area contributed by atoms with E-state index in [1.165, 1.54) is 12.1 Å². The highest BCUT2D eigenvalue weighted by molar-refractivity contribution is 6.30. The van der Waals surface area contributed by atoms with Crippen LogP contribution < -0.4 is 16.6 Å². The SMILES string of the molecule is NNC(=Nc1ccc(Cl)cc1F)Nc1ccccc1. The normalized spacial score (nSPS) is 11.2. The first kappa shape index (κ1) is 13.3. The summed E-state index contributed by atoms with van der Waals surface area (Å²) in [5.74, 6) is 5.07. The van der Waals surface area contributed by atoms with Crippen molar-refractivity contribution in [3.63, 3.8) is 0 Å². The molecule has 0 saturated carbocycles. The lowest BCUT2D eigenvalue weighted by atomic mass is 10.3. The molecule has 0 fully saturated rings. The first-order chi connectivity index (χ1) is 9.19. The van der Waals surface area contributed by atoms with Gasteiger partial charge in [0.25, 0.3) is 0 Å². The van der Waals surface area contributed by atoms with Gasteiger partial charge in [-0.15, -0.1) is 0 Å². The summed E-state index contributed by atoms with van der Waals surface area (Å²) < 4.78 is 13.6. The molecule has 0 aliphatic heterocycles. The molecule has 0 unspecified atom stereocenters. The monoisotopic (exact) mass is 278 g/mol. The average molecular weight is 279 g/mol. The minimum atomic E-state index is -0.518. The van der Waals surface area contributed by atoms with Crippen LogP contribution in [0.25, 0.3) is 0 Å². The highest BCUT2D eigenvalue weighted by atomic mass is 35.5. The van der Waals surface area contributed by atoms with Gasteiger partial charge in [-0.05, 0) is 30.3 Å². The summed E-state index contributed by atoms with van der Waals surface area (Å²) in [6, 6.07) is 13.5. The lowest BCUT2D eigenvalue weighted by Gasteiger charge is -2.09. The van der Waals surface area contributed by atoms with Crippen molar-refractivity contribution in [2.45, 2.75) is 0 Å². The number of rotatable bonds is 2. The fraction of sp³-hybridized carbons (Fsp3) is 0. The first-order valence-corrected chi connectivity index (χ1v) is 5.89. The van der Waals surface area contributed by atoms with Crippen LogP contribution in [0, 0.1) is 5.82 Å². The van der Waals surface area contributed by atoms with E-state index in [0.29, 0.717) is 5.02 Å². The van der Waals surface area contributed by atoms with Crippen LogP contribution in [0.2, 0.25) is 5.02 Å². The molecule has 19 heavy (non-hydrogen) atoms. The topological polar surface area (TPSA) is 62.4 Å². The number of hydrazine groups is 1. The van der Waals surface area contributed by atoms with Crippen LogP contribution in [0.15, 0.2) is 53.5 Å². The Kier molecular flexibility index (Phi) is 4.33. The van der Waals surface area contributed by atoms with Crippen LogP contribution in [0.3, 0.4) is 0 Å². The number of nitrogens with zero attached hydrogens (tertiary/aromatic N) is 1. The van der Waals surface area contributed by atoms with Gasteiger partial charge in [0.1, 0.15) is 11.5 Å². The number of benzene rings is 2. The molecular formula is C13H12ClFN4. The first-order valence-electron chi connectivity index (χ1n) is 5.51. The Morgan fingerprint density at radius 1 is 1.16 bits per heavy atom. The van der Waals surface area contributed by atoms with Crippen molar-refractivity contribution in [3.8, 4) is 0 Å². The molecule has 0 aliphatic carbocycles. The molecule has 2 rings (SSSR count). The Morgan fingerprint density at radius 2 is 1.89 bits per heavy atom. The summed E-state index contributed by atoms with van der Waals surface area (Å²) in [6.45, 7) is 0. The number of para-hydroxylation sites is 1. The summed E-state index contributed by atoms with van der Waals surface area (Å²) in [4.78, 5) is 4.05. The maximum absolute atomic E-state index is 13.6. The number of hydrogen-bond acceptors (Lipinski definition) is 2. The van der Waals surface area contributed by atoms with E-state index >= 15 is 0 Å². The molecular weight excluding hydrogens is 267 g/mol. The second-order valence-corrected chi connectivity index (χ2v) is 4.13. The van der Waals surface area contributed by atoms with E-state index in [1.54, 1.807) is 6.07 Å². The Bertz CT molecular complexity index is 586. The van der Waals surface area contributed by atoms with Crippen LogP contribution in [-0.4, -0.2) is 5.96 Å². The fourth-order valence-electron chi connectivity index (χ4n) is 1.45. The van der Waals surface area contributed by atoms with Gasteiger partial charge in [0.2, 0.25) is 5.96 Å². The lowest BCUT2D eigenvalue weighted by Crippen LogP contribution is -2.36. The molecule has 6 heteroatoms. The Morgan fingerprint density at radius 3 is 2.53 bits per heavy atom. The highest BCUT2D eigenvalue weighted by Gasteiger charge is 2.04. The molecule has 0 aliphatic rings. The van der Waals surface area contributed by atoms with Crippen LogP contribution in [0.5, 0.6) is 0 Å². The van der Waals surface area contributed by atoms with Crippen molar-refractivity contribution < 1.29 is 4.39 Å². The van der Waals surface area contributed by atoms with Gasteiger partial charge < -0.3 is 5.32 Å². The highest BCUT2D eigenvalue weighted by Crippen LogP contribution is 2.21. The molecule has 0 atom stereocenters. The van der Waals surface area contributed by atoms with Crippen LogP contribution in [0.4, 0.5) is 15.8 Å². The lowest BCUT2D eigenvalue weighted by molar-refractivity contribution is 0.630. The molecule has 4 N–H and O–H groups in total. The zero-order valence-corrected chi connectivity index (χ0v) is 10.7. The third-order valence-electron chi connectivity index (χ3n) is 2.32. The molecule has 98 valence electrons. The quantitative estimate of drug-likeness (QED) is 0.342. The fourth-order valence-corrected chi connectivity index (χ4v) is 1.61. The van der Waals surface area contributed by atoms with Crippen molar-refractivity contribution in [1.29, 1.82) is 0 Å². The Balaban J connectivity index is 2.23. The standard InChI is InChI=1S/C13H12ClFN4/c14-9-6-7-12(11(15)8-9)18-13(19-16)17-10-4-2-1-3-5-10/h1-8H,16H2,(H2,17,18,19). The number of halogens is 2. The molecule has 0 bridgehead atoms. The minimum Gasteiger partial charge on any atom is -0.325 e. The smallest absolute Gasteiger partial charge is 0.215 e. The zero-order valence-electron chi connectivity index (χ0n) is 9.90. The summed E-state index contributed by atoms with van der Waals surface area (Å²) >= 11 is 5.67. The Hall–Kier alpha value is -2.11. The maximum atomic E-state index is 13.6. The van der Waals surface area contributed by atoms with Crippen LogP contribution in [-0.2, 0) is 0 Å². The van der Waals surface area contributed by atoms with Gasteiger partial charge in [-0.25, -0.2) is 15.2 Å². The van der Waals surface area contributed by atoms with E-state index < -0.39 is 5.82 Å². The summed E-state index contributed by atoms with van der Waals surface area (Å²) in [5.41, 5.74) is 3.31. The number of guanidine groups is 1. The molecule has 2 aromatic carbocycles. The van der Waals surface area contributed by atoms with Gasteiger partial charge in [0, 0.05) is 10.7 Å². The van der Waals surface area contributed by atoms with Crippen molar-refractivity contribution in [3.05, 3.63) is 59.4 Å². The molecule has 2 aromatic rings. The Labute approximate surface area is 115 Å². The van der Waals surface area contributed by atoms with E-state index in [1.807, 2.05) is 30.3 Å². The largest absolute Gasteiger partial charge is 0.325 e. The summed E-state index contributed by atoms with van der Waals surface area (Å²) in [5, 5.41) is 3.25. The molecule has 0 heterocycles. The number of aliphatic imine (C=N–C) groups is 1. The summed E-state index contributed by atoms with van der Waals surface area (Å²) in [7, 11) is 0. The van der Waals surface area contributed by atoms with Gasteiger partial charge in [0.05, 0.1) is 0 Å².